The van der Waals surface area contributed by atoms with Gasteiger partial charge in [0.15, 0.2) is 8.32 Å². The summed E-state index contributed by atoms with van der Waals surface area (Å²) in [5, 5.41) is 5.02. The van der Waals surface area contributed by atoms with Crippen molar-refractivity contribution in [1.29, 1.82) is 0 Å². The molecule has 0 radical (unpaired) electrons. The molecule has 0 unspecified atom stereocenters. The molecule has 9 heteroatoms. The number of aryl methyl sites for hydroxylation is 1. The van der Waals surface area contributed by atoms with Crippen molar-refractivity contribution in [3.05, 3.63) is 51.7 Å². The van der Waals surface area contributed by atoms with E-state index >= 15 is 0 Å². The molecule has 36 heavy (non-hydrogen) atoms. The van der Waals surface area contributed by atoms with Crippen LogP contribution in [0.4, 0.5) is 5.69 Å². The summed E-state index contributed by atoms with van der Waals surface area (Å²) < 4.78 is 8.86. The second-order valence-electron chi connectivity index (χ2n) is 11.2. The Hall–Kier alpha value is -1.93. The Kier molecular flexibility index (Phi) is 7.86. The lowest BCUT2D eigenvalue weighted by molar-refractivity contribution is 0.102. The molecule has 1 aliphatic carbocycles. The summed E-state index contributed by atoms with van der Waals surface area (Å²) in [5.41, 5.74) is 4.17. The minimum atomic E-state index is -1.85. The first-order valence-electron chi connectivity index (χ1n) is 12.7. The highest BCUT2D eigenvalue weighted by Gasteiger charge is 2.37. The number of aromatic nitrogens is 3. The number of benzene rings is 1. The average molecular weight is 548 g/mol. The highest BCUT2D eigenvalue weighted by atomic mass is 35.5. The molecule has 6 nitrogen and oxygen atoms in total. The normalized spacial score (nSPS) is 14.4. The molecule has 1 fully saturated rings. The maximum atomic E-state index is 12.9. The van der Waals surface area contributed by atoms with Gasteiger partial charge >= 0.3 is 0 Å². The number of hydrogen-bond donors (Lipinski definition) is 1. The molecule has 1 N–H and O–H groups in total. The third-order valence-corrected chi connectivity index (χ3v) is 12.8. The third-order valence-electron chi connectivity index (χ3n) is 7.47. The standard InChI is InChI=1S/C27H36Cl2N4O2Si/c1-7-11-33-19(10-12-35-36(5,6)27(2,3)4)13-20-22(28)24(23(29)21(25(20)33)17-8-9-17)32-26(34)18-14-30-16-31-15-18/h13-17H,7-12H2,1-6H3,(H,32,34). The fourth-order valence-electron chi connectivity index (χ4n) is 4.30. The molecule has 1 aliphatic rings. The monoisotopic (exact) mass is 546 g/mol. The summed E-state index contributed by atoms with van der Waals surface area (Å²) in [6.07, 6.45) is 8.29. The van der Waals surface area contributed by atoms with Crippen molar-refractivity contribution in [2.24, 2.45) is 0 Å². The topological polar surface area (TPSA) is 69.0 Å². The molecule has 1 saturated carbocycles. The quantitative estimate of drug-likeness (QED) is 0.277. The Bertz CT molecular complexity index is 1260. The Balaban J connectivity index is 1.75. The second-order valence-corrected chi connectivity index (χ2v) is 16.7. The smallest absolute Gasteiger partial charge is 0.258 e. The Labute approximate surface area is 224 Å². The van der Waals surface area contributed by atoms with Gasteiger partial charge in [0.25, 0.3) is 5.91 Å². The summed E-state index contributed by atoms with van der Waals surface area (Å²) in [6.45, 7) is 15.1. The van der Waals surface area contributed by atoms with Crippen LogP contribution in [0.3, 0.4) is 0 Å². The molecule has 194 valence electrons. The molecule has 0 bridgehead atoms. The molecular weight excluding hydrogens is 511 g/mol. The largest absolute Gasteiger partial charge is 0.416 e. The molecule has 0 saturated heterocycles. The highest BCUT2D eigenvalue weighted by molar-refractivity contribution is 6.74. The van der Waals surface area contributed by atoms with E-state index in [2.05, 4.69) is 66.7 Å². The van der Waals surface area contributed by atoms with Gasteiger partial charge in [0.2, 0.25) is 0 Å². The van der Waals surface area contributed by atoms with Crippen molar-refractivity contribution >= 4 is 54.0 Å². The number of nitrogens with zero attached hydrogens (tertiary/aromatic N) is 3. The molecule has 4 rings (SSSR count). The molecule has 2 aromatic heterocycles. The number of amides is 1. The van der Waals surface area contributed by atoms with Crippen LogP contribution in [-0.4, -0.2) is 35.4 Å². The van der Waals surface area contributed by atoms with Crippen LogP contribution >= 0.6 is 23.2 Å². The van der Waals surface area contributed by atoms with E-state index in [4.69, 9.17) is 27.6 Å². The van der Waals surface area contributed by atoms with Crippen molar-refractivity contribution in [1.82, 2.24) is 14.5 Å². The fourth-order valence-corrected chi connectivity index (χ4v) is 6.06. The van der Waals surface area contributed by atoms with Crippen molar-refractivity contribution < 1.29 is 9.22 Å². The first-order chi connectivity index (χ1) is 17.0. The van der Waals surface area contributed by atoms with Gasteiger partial charge < -0.3 is 14.3 Å². The van der Waals surface area contributed by atoms with E-state index in [0.29, 0.717) is 33.8 Å². The molecular formula is C27H36Cl2N4O2Si. The van der Waals surface area contributed by atoms with Gasteiger partial charge in [-0.15, -0.1) is 0 Å². The van der Waals surface area contributed by atoms with Gasteiger partial charge in [-0.1, -0.05) is 50.9 Å². The van der Waals surface area contributed by atoms with Gasteiger partial charge in [-0.25, -0.2) is 9.97 Å². The Morgan fingerprint density at radius 3 is 2.44 bits per heavy atom. The van der Waals surface area contributed by atoms with Crippen LogP contribution < -0.4 is 5.32 Å². The van der Waals surface area contributed by atoms with Gasteiger partial charge in [0.05, 0.1) is 26.8 Å². The zero-order chi connectivity index (χ0) is 26.3. The van der Waals surface area contributed by atoms with E-state index in [-0.39, 0.29) is 10.9 Å². The van der Waals surface area contributed by atoms with E-state index < -0.39 is 8.32 Å². The molecule has 0 aliphatic heterocycles. The second kappa shape index (κ2) is 10.4. The molecule has 0 atom stereocenters. The van der Waals surface area contributed by atoms with Crippen molar-refractivity contribution in [3.63, 3.8) is 0 Å². The number of anilines is 1. The Morgan fingerprint density at radius 2 is 1.86 bits per heavy atom. The van der Waals surface area contributed by atoms with Crippen LogP contribution in [0.1, 0.15) is 74.5 Å². The summed E-state index contributed by atoms with van der Waals surface area (Å²) in [6, 6.07) is 2.16. The number of nitrogens with one attached hydrogen (secondary N) is 1. The van der Waals surface area contributed by atoms with E-state index in [1.165, 1.54) is 24.4 Å². The maximum absolute atomic E-state index is 12.9. The number of hydrogen-bond acceptors (Lipinski definition) is 4. The minimum Gasteiger partial charge on any atom is -0.416 e. The third kappa shape index (κ3) is 5.35. The molecule has 1 aromatic carbocycles. The van der Waals surface area contributed by atoms with Crippen LogP contribution in [0.25, 0.3) is 10.9 Å². The van der Waals surface area contributed by atoms with Crippen LogP contribution in [0, 0.1) is 0 Å². The molecule has 0 spiro atoms. The zero-order valence-electron chi connectivity index (χ0n) is 22.0. The van der Waals surface area contributed by atoms with Gasteiger partial charge in [0.1, 0.15) is 6.33 Å². The van der Waals surface area contributed by atoms with Crippen molar-refractivity contribution in [2.75, 3.05) is 11.9 Å². The fraction of sp³-hybridized carbons (Fsp3) is 0.519. The van der Waals surface area contributed by atoms with E-state index in [0.717, 1.165) is 48.7 Å². The van der Waals surface area contributed by atoms with Crippen LogP contribution in [0.15, 0.2) is 24.8 Å². The lowest BCUT2D eigenvalue weighted by Crippen LogP contribution is -2.41. The summed E-state index contributed by atoms with van der Waals surface area (Å²) in [5.74, 6) is 0.0336. The van der Waals surface area contributed by atoms with Gasteiger partial charge in [-0.3, -0.25) is 4.79 Å². The highest BCUT2D eigenvalue weighted by Crippen LogP contribution is 2.52. The first-order valence-corrected chi connectivity index (χ1v) is 16.4. The van der Waals surface area contributed by atoms with Crippen molar-refractivity contribution in [2.45, 2.75) is 84.0 Å². The summed E-state index contributed by atoms with van der Waals surface area (Å²) in [7, 11) is -1.85. The maximum Gasteiger partial charge on any atom is 0.258 e. The number of fused-ring (bicyclic) bond motifs is 1. The molecule has 3 aromatic rings. The predicted octanol–water partition coefficient (Wildman–Crippen LogP) is 7.84. The van der Waals surface area contributed by atoms with E-state index in [1.807, 2.05) is 0 Å². The summed E-state index contributed by atoms with van der Waals surface area (Å²) >= 11 is 14.0. The minimum absolute atomic E-state index is 0.163. The average Bonchev–Trinajstić information content (AvgIpc) is 3.60. The predicted molar refractivity (Wildman–Crippen MR) is 151 cm³/mol. The molecule has 1 amide bonds. The van der Waals surface area contributed by atoms with E-state index in [9.17, 15) is 4.79 Å². The van der Waals surface area contributed by atoms with Gasteiger partial charge in [-0.05, 0) is 49.4 Å². The van der Waals surface area contributed by atoms with E-state index in [1.54, 1.807) is 0 Å². The zero-order valence-corrected chi connectivity index (χ0v) is 24.6. The van der Waals surface area contributed by atoms with Gasteiger partial charge in [-0.2, -0.15) is 0 Å². The van der Waals surface area contributed by atoms with Crippen LogP contribution in [0.5, 0.6) is 0 Å². The Morgan fingerprint density at radius 1 is 1.19 bits per heavy atom. The number of rotatable bonds is 9. The van der Waals surface area contributed by atoms with Crippen LogP contribution in [0.2, 0.25) is 28.2 Å². The number of carbonyl (C=O) groups excluding carboxylic acids is 1. The number of carbonyl (C=O) groups is 1. The van der Waals surface area contributed by atoms with Crippen molar-refractivity contribution in [3.8, 4) is 0 Å². The number of halogens is 2. The lowest BCUT2D eigenvalue weighted by atomic mass is 10.0. The first kappa shape index (κ1) is 27.1. The van der Waals surface area contributed by atoms with Crippen LogP contribution in [-0.2, 0) is 17.4 Å². The summed E-state index contributed by atoms with van der Waals surface area (Å²) in [4.78, 5) is 20.8. The van der Waals surface area contributed by atoms with Gasteiger partial charge in [0, 0.05) is 48.6 Å². The SMILES string of the molecule is CCCn1c(CCO[Si](C)(C)C(C)(C)C)cc2c(Cl)c(NC(=O)c3cncnc3)c(Cl)c(C3CC3)c21. The molecule has 2 heterocycles. The lowest BCUT2D eigenvalue weighted by Gasteiger charge is -2.36.